The first-order chi connectivity index (χ1) is 7.36. The molecule has 0 aliphatic heterocycles. The lowest BCUT2D eigenvalue weighted by Crippen LogP contribution is -2.16. The smallest absolute Gasteiger partial charge is 0.0798 e. The summed E-state index contributed by atoms with van der Waals surface area (Å²) in [5.41, 5.74) is 3.12. The number of nitrogens with zero attached hydrogens (tertiary/aromatic N) is 1. The zero-order valence-corrected chi connectivity index (χ0v) is 10.3. The van der Waals surface area contributed by atoms with E-state index in [4.69, 9.17) is 0 Å². The van der Waals surface area contributed by atoms with Gasteiger partial charge in [-0.05, 0) is 25.8 Å². The maximum Gasteiger partial charge on any atom is 0.0798 e. The van der Waals surface area contributed by atoms with Crippen LogP contribution in [-0.2, 0) is 6.54 Å². The molecule has 0 aromatic carbocycles. The van der Waals surface area contributed by atoms with E-state index in [1.54, 1.807) is 11.3 Å². The Hall–Kier alpha value is -0.410. The fourth-order valence-electron chi connectivity index (χ4n) is 2.30. The minimum Gasteiger partial charge on any atom is -0.312 e. The first-order valence-corrected chi connectivity index (χ1v) is 6.84. The molecule has 15 heavy (non-hydrogen) atoms. The van der Waals surface area contributed by atoms with E-state index >= 15 is 0 Å². The second-order valence-corrected chi connectivity index (χ2v) is 5.42. The van der Waals surface area contributed by atoms with Crippen molar-refractivity contribution >= 4 is 11.3 Å². The highest BCUT2D eigenvalue weighted by molar-refractivity contribution is 7.09. The van der Waals surface area contributed by atoms with Crippen molar-refractivity contribution in [3.8, 4) is 0 Å². The zero-order chi connectivity index (χ0) is 10.5. The minimum atomic E-state index is 1.00. The lowest BCUT2D eigenvalue weighted by molar-refractivity contribution is 0.478. The fourth-order valence-corrected chi connectivity index (χ4v) is 3.05. The van der Waals surface area contributed by atoms with Gasteiger partial charge in [0.25, 0.3) is 0 Å². The van der Waals surface area contributed by atoms with Crippen LogP contribution in [0.15, 0.2) is 5.51 Å². The van der Waals surface area contributed by atoms with Gasteiger partial charge >= 0.3 is 0 Å². The molecule has 1 N–H and O–H groups in total. The highest BCUT2D eigenvalue weighted by Gasteiger charge is 2.13. The number of hydrogen-bond acceptors (Lipinski definition) is 3. The first-order valence-electron chi connectivity index (χ1n) is 5.96. The Morgan fingerprint density at radius 3 is 2.93 bits per heavy atom. The van der Waals surface area contributed by atoms with Gasteiger partial charge in [0.2, 0.25) is 0 Å². The Morgan fingerprint density at radius 2 is 2.27 bits per heavy atom. The van der Waals surface area contributed by atoms with E-state index in [1.165, 1.54) is 49.2 Å². The quantitative estimate of drug-likeness (QED) is 0.777. The minimum absolute atomic E-state index is 1.00. The Bertz CT molecular complexity index is 290. The summed E-state index contributed by atoms with van der Waals surface area (Å²) in [5.74, 6) is 1.00. The zero-order valence-electron chi connectivity index (χ0n) is 9.46. The van der Waals surface area contributed by atoms with Crippen molar-refractivity contribution in [1.82, 2.24) is 10.3 Å². The predicted molar refractivity (Wildman–Crippen MR) is 65.1 cm³/mol. The number of rotatable bonds is 5. The molecule has 0 bridgehead atoms. The highest BCUT2D eigenvalue weighted by Crippen LogP contribution is 2.26. The molecule has 0 amide bonds. The monoisotopic (exact) mass is 224 g/mol. The number of thiazole rings is 1. The molecule has 3 heteroatoms. The molecule has 1 aliphatic carbocycles. The molecular formula is C12H20N2S. The Morgan fingerprint density at radius 1 is 1.47 bits per heavy atom. The third-order valence-corrected chi connectivity index (χ3v) is 4.27. The van der Waals surface area contributed by atoms with Gasteiger partial charge in [-0.3, -0.25) is 0 Å². The molecule has 0 spiro atoms. The van der Waals surface area contributed by atoms with Crippen LogP contribution in [-0.4, -0.2) is 11.5 Å². The van der Waals surface area contributed by atoms with Gasteiger partial charge in [0.05, 0.1) is 11.2 Å². The molecule has 0 saturated heterocycles. The topological polar surface area (TPSA) is 24.9 Å². The molecule has 2 rings (SSSR count). The molecule has 0 unspecified atom stereocenters. The number of aromatic nitrogens is 1. The van der Waals surface area contributed by atoms with E-state index in [0.717, 1.165) is 12.5 Å². The summed E-state index contributed by atoms with van der Waals surface area (Å²) in [6.07, 6.45) is 7.19. The highest BCUT2D eigenvalue weighted by atomic mass is 32.1. The van der Waals surface area contributed by atoms with Gasteiger partial charge in [-0.2, -0.15) is 0 Å². The summed E-state index contributed by atoms with van der Waals surface area (Å²) < 4.78 is 0. The largest absolute Gasteiger partial charge is 0.312 e. The molecule has 1 aromatic heterocycles. The maximum atomic E-state index is 4.25. The van der Waals surface area contributed by atoms with Crippen LogP contribution in [0, 0.1) is 12.8 Å². The van der Waals surface area contributed by atoms with E-state index in [2.05, 4.69) is 17.2 Å². The van der Waals surface area contributed by atoms with Crippen LogP contribution < -0.4 is 5.32 Å². The molecule has 2 nitrogen and oxygen atoms in total. The summed E-state index contributed by atoms with van der Waals surface area (Å²) in [5, 5.41) is 3.53. The Balaban J connectivity index is 1.60. The van der Waals surface area contributed by atoms with Gasteiger partial charge in [-0.25, -0.2) is 4.98 Å². The number of hydrogen-bond donors (Lipinski definition) is 1. The van der Waals surface area contributed by atoms with Crippen LogP contribution in [0.5, 0.6) is 0 Å². The van der Waals surface area contributed by atoms with E-state index in [-0.39, 0.29) is 0 Å². The molecule has 1 saturated carbocycles. The normalized spacial score (nSPS) is 17.4. The predicted octanol–water partition coefficient (Wildman–Crippen LogP) is 3.12. The summed E-state index contributed by atoms with van der Waals surface area (Å²) in [6.45, 7) is 4.26. The molecule has 84 valence electrons. The van der Waals surface area contributed by atoms with Crippen LogP contribution in [0.25, 0.3) is 0 Å². The summed E-state index contributed by atoms with van der Waals surface area (Å²) in [4.78, 5) is 5.64. The maximum absolute atomic E-state index is 4.25. The van der Waals surface area contributed by atoms with Crippen LogP contribution in [0.1, 0.15) is 42.7 Å². The number of nitrogens with one attached hydrogen (secondary N) is 1. The molecule has 1 aromatic rings. The van der Waals surface area contributed by atoms with Crippen LogP contribution in [0.4, 0.5) is 0 Å². The van der Waals surface area contributed by atoms with E-state index in [0.29, 0.717) is 0 Å². The Kier molecular flexibility index (Phi) is 4.15. The Labute approximate surface area is 96.1 Å². The molecule has 1 aliphatic rings. The lowest BCUT2D eigenvalue weighted by Gasteiger charge is -2.09. The van der Waals surface area contributed by atoms with Crippen molar-refractivity contribution < 1.29 is 0 Å². The van der Waals surface area contributed by atoms with Gasteiger partial charge in [-0.15, -0.1) is 11.3 Å². The number of aryl methyl sites for hydroxylation is 1. The van der Waals surface area contributed by atoms with Crippen LogP contribution in [0.3, 0.4) is 0 Å². The van der Waals surface area contributed by atoms with Gasteiger partial charge < -0.3 is 5.32 Å². The van der Waals surface area contributed by atoms with Gasteiger partial charge in [0.15, 0.2) is 0 Å². The van der Waals surface area contributed by atoms with Crippen molar-refractivity contribution in [2.75, 3.05) is 6.54 Å². The average Bonchev–Trinajstić information content (AvgIpc) is 2.85. The first kappa shape index (κ1) is 11.1. The SMILES string of the molecule is Cc1ncsc1CNCCC1CCCC1. The third-order valence-electron chi connectivity index (χ3n) is 3.33. The molecular weight excluding hydrogens is 204 g/mol. The van der Waals surface area contributed by atoms with E-state index < -0.39 is 0 Å². The van der Waals surface area contributed by atoms with Crippen molar-refractivity contribution in [1.29, 1.82) is 0 Å². The van der Waals surface area contributed by atoms with Crippen LogP contribution in [0.2, 0.25) is 0 Å². The molecule has 1 fully saturated rings. The standard InChI is InChI=1S/C12H20N2S/c1-10-12(15-9-14-10)8-13-7-6-11-4-2-3-5-11/h9,11,13H,2-8H2,1H3. The second kappa shape index (κ2) is 5.61. The second-order valence-electron chi connectivity index (χ2n) is 4.48. The summed E-state index contributed by atoms with van der Waals surface area (Å²) in [6, 6.07) is 0. The van der Waals surface area contributed by atoms with Crippen LogP contribution >= 0.6 is 11.3 Å². The summed E-state index contributed by atoms with van der Waals surface area (Å²) >= 11 is 1.76. The van der Waals surface area contributed by atoms with Gasteiger partial charge in [0.1, 0.15) is 0 Å². The van der Waals surface area contributed by atoms with Gasteiger partial charge in [-0.1, -0.05) is 25.7 Å². The van der Waals surface area contributed by atoms with Crippen molar-refractivity contribution in [3.05, 3.63) is 16.1 Å². The molecule has 1 heterocycles. The van der Waals surface area contributed by atoms with Crippen molar-refractivity contribution in [2.45, 2.75) is 45.6 Å². The summed E-state index contributed by atoms with van der Waals surface area (Å²) in [7, 11) is 0. The third kappa shape index (κ3) is 3.28. The van der Waals surface area contributed by atoms with E-state index in [9.17, 15) is 0 Å². The lowest BCUT2D eigenvalue weighted by atomic mass is 10.0. The average molecular weight is 224 g/mol. The molecule has 0 atom stereocenters. The van der Waals surface area contributed by atoms with Gasteiger partial charge in [0, 0.05) is 11.4 Å². The molecule has 0 radical (unpaired) electrons. The van der Waals surface area contributed by atoms with Crippen molar-refractivity contribution in [2.24, 2.45) is 5.92 Å². The van der Waals surface area contributed by atoms with E-state index in [1.807, 2.05) is 5.51 Å². The van der Waals surface area contributed by atoms with Crippen molar-refractivity contribution in [3.63, 3.8) is 0 Å². The fraction of sp³-hybridized carbons (Fsp3) is 0.750.